The molecule has 2 bridgehead atoms. The van der Waals surface area contributed by atoms with E-state index in [9.17, 15) is 0 Å². The normalized spacial score (nSPS) is 53.5. The smallest absolute Gasteiger partial charge is 0.0211 e. The highest BCUT2D eigenvalue weighted by Gasteiger charge is 2.58. The van der Waals surface area contributed by atoms with Gasteiger partial charge in [0, 0.05) is 5.54 Å². The molecule has 1 nitrogen and oxygen atoms in total. The van der Waals surface area contributed by atoms with Gasteiger partial charge < -0.3 is 5.73 Å². The van der Waals surface area contributed by atoms with Crippen molar-refractivity contribution in [2.45, 2.75) is 45.6 Å². The van der Waals surface area contributed by atoms with Gasteiger partial charge in [0.1, 0.15) is 0 Å². The zero-order valence-electron chi connectivity index (χ0n) is 7.85. The summed E-state index contributed by atoms with van der Waals surface area (Å²) in [6.07, 6.45) is 3.91. The monoisotopic (exact) mass is 153 g/mol. The predicted octanol–water partition coefficient (Wildman–Crippen LogP) is 2.16. The van der Waals surface area contributed by atoms with E-state index in [1.807, 2.05) is 0 Å². The molecule has 0 amide bonds. The molecule has 0 spiro atoms. The molecule has 0 aromatic rings. The van der Waals surface area contributed by atoms with E-state index in [1.165, 1.54) is 19.3 Å². The molecule has 2 N–H and O–H groups in total. The second-order valence-corrected chi connectivity index (χ2v) is 5.17. The second kappa shape index (κ2) is 1.82. The Hall–Kier alpha value is -0.0400. The summed E-state index contributed by atoms with van der Waals surface area (Å²) < 4.78 is 0. The van der Waals surface area contributed by atoms with Crippen LogP contribution in [-0.2, 0) is 0 Å². The Kier molecular flexibility index (Phi) is 1.26. The Morgan fingerprint density at radius 2 is 2.00 bits per heavy atom. The first kappa shape index (κ1) is 7.60. The minimum atomic E-state index is 0.178. The first-order valence-electron chi connectivity index (χ1n) is 4.76. The summed E-state index contributed by atoms with van der Waals surface area (Å²) in [5, 5.41) is 0. The van der Waals surface area contributed by atoms with Crippen LogP contribution in [0.25, 0.3) is 0 Å². The molecule has 0 aromatic heterocycles. The van der Waals surface area contributed by atoms with Gasteiger partial charge in [-0.15, -0.1) is 0 Å². The van der Waals surface area contributed by atoms with Crippen molar-refractivity contribution in [2.24, 2.45) is 23.0 Å². The standard InChI is InChI=1S/C10H19N/c1-7-8-4-5-10(11,6-8)9(7,2)3/h7-8H,4-6,11H2,1-3H3/t7-,8+,10+/m0/s1. The molecule has 2 aliphatic carbocycles. The van der Waals surface area contributed by atoms with Crippen LogP contribution in [0.2, 0.25) is 0 Å². The fourth-order valence-corrected chi connectivity index (χ4v) is 3.17. The summed E-state index contributed by atoms with van der Waals surface area (Å²) >= 11 is 0. The maximum atomic E-state index is 6.37. The Morgan fingerprint density at radius 1 is 1.36 bits per heavy atom. The molecular formula is C10H19N. The van der Waals surface area contributed by atoms with Gasteiger partial charge in [-0.05, 0) is 36.5 Å². The average Bonchev–Trinajstić information content (AvgIpc) is 2.36. The van der Waals surface area contributed by atoms with Crippen molar-refractivity contribution in [3.63, 3.8) is 0 Å². The topological polar surface area (TPSA) is 26.0 Å². The van der Waals surface area contributed by atoms with Crippen LogP contribution >= 0.6 is 0 Å². The molecule has 2 fully saturated rings. The van der Waals surface area contributed by atoms with E-state index >= 15 is 0 Å². The minimum absolute atomic E-state index is 0.178. The lowest BCUT2D eigenvalue weighted by atomic mass is 9.66. The number of hydrogen-bond acceptors (Lipinski definition) is 1. The zero-order valence-corrected chi connectivity index (χ0v) is 7.85. The highest BCUT2D eigenvalue weighted by molar-refractivity contribution is 5.13. The summed E-state index contributed by atoms with van der Waals surface area (Å²) in [5.41, 5.74) is 6.93. The molecule has 64 valence electrons. The fourth-order valence-electron chi connectivity index (χ4n) is 3.17. The summed E-state index contributed by atoms with van der Waals surface area (Å²) in [6, 6.07) is 0. The Morgan fingerprint density at radius 3 is 2.27 bits per heavy atom. The van der Waals surface area contributed by atoms with E-state index in [2.05, 4.69) is 20.8 Å². The average molecular weight is 153 g/mol. The van der Waals surface area contributed by atoms with Crippen molar-refractivity contribution in [1.82, 2.24) is 0 Å². The first-order chi connectivity index (χ1) is 4.97. The highest BCUT2D eigenvalue weighted by atomic mass is 14.9. The molecule has 3 atom stereocenters. The van der Waals surface area contributed by atoms with E-state index in [0.717, 1.165) is 11.8 Å². The molecule has 1 heteroatoms. The molecule has 0 aliphatic heterocycles. The molecule has 2 aliphatic rings. The van der Waals surface area contributed by atoms with E-state index in [4.69, 9.17) is 5.73 Å². The maximum Gasteiger partial charge on any atom is 0.0211 e. The van der Waals surface area contributed by atoms with Crippen LogP contribution in [0.3, 0.4) is 0 Å². The third kappa shape index (κ3) is 0.703. The molecule has 0 aromatic carbocycles. The van der Waals surface area contributed by atoms with E-state index in [0.29, 0.717) is 5.41 Å². The summed E-state index contributed by atoms with van der Waals surface area (Å²) in [4.78, 5) is 0. The highest BCUT2D eigenvalue weighted by Crippen LogP contribution is 2.60. The molecule has 2 saturated carbocycles. The van der Waals surface area contributed by atoms with E-state index in [1.54, 1.807) is 0 Å². The zero-order chi connectivity index (χ0) is 8.28. The summed E-state index contributed by atoms with van der Waals surface area (Å²) in [7, 11) is 0. The first-order valence-corrected chi connectivity index (χ1v) is 4.76. The van der Waals surface area contributed by atoms with Crippen LogP contribution in [0, 0.1) is 17.3 Å². The predicted molar refractivity (Wildman–Crippen MR) is 47.2 cm³/mol. The van der Waals surface area contributed by atoms with Gasteiger partial charge in [-0.3, -0.25) is 0 Å². The maximum absolute atomic E-state index is 6.37. The van der Waals surface area contributed by atoms with Crippen molar-refractivity contribution < 1.29 is 0 Å². The van der Waals surface area contributed by atoms with Gasteiger partial charge in [0.2, 0.25) is 0 Å². The van der Waals surface area contributed by atoms with Crippen LogP contribution in [0.15, 0.2) is 0 Å². The number of hydrogen-bond donors (Lipinski definition) is 1. The molecule has 0 radical (unpaired) electrons. The minimum Gasteiger partial charge on any atom is -0.325 e. The van der Waals surface area contributed by atoms with E-state index in [-0.39, 0.29) is 5.54 Å². The van der Waals surface area contributed by atoms with Crippen LogP contribution in [0.4, 0.5) is 0 Å². The van der Waals surface area contributed by atoms with Crippen molar-refractivity contribution in [1.29, 1.82) is 0 Å². The van der Waals surface area contributed by atoms with Gasteiger partial charge in [0.15, 0.2) is 0 Å². The molecule has 0 saturated heterocycles. The van der Waals surface area contributed by atoms with Crippen LogP contribution in [0.5, 0.6) is 0 Å². The largest absolute Gasteiger partial charge is 0.325 e. The SMILES string of the molecule is C[C@H]1[C@@H]2CC[C@@](N)(C2)C1(C)C. The molecule has 0 heterocycles. The quantitative estimate of drug-likeness (QED) is 0.567. The fraction of sp³-hybridized carbons (Fsp3) is 1.00. The third-order valence-corrected chi connectivity index (χ3v) is 4.72. The lowest BCUT2D eigenvalue weighted by Crippen LogP contribution is -2.50. The molecule has 11 heavy (non-hydrogen) atoms. The van der Waals surface area contributed by atoms with Crippen molar-refractivity contribution in [3.05, 3.63) is 0 Å². The van der Waals surface area contributed by atoms with Crippen molar-refractivity contribution in [2.75, 3.05) is 0 Å². The van der Waals surface area contributed by atoms with Crippen molar-refractivity contribution >= 4 is 0 Å². The third-order valence-electron chi connectivity index (χ3n) is 4.72. The molecular weight excluding hydrogens is 134 g/mol. The Labute approximate surface area is 69.4 Å². The van der Waals surface area contributed by atoms with E-state index < -0.39 is 0 Å². The Balaban J connectivity index is 2.36. The Bertz CT molecular complexity index is 183. The van der Waals surface area contributed by atoms with Crippen LogP contribution in [-0.4, -0.2) is 5.54 Å². The van der Waals surface area contributed by atoms with Gasteiger partial charge in [-0.25, -0.2) is 0 Å². The van der Waals surface area contributed by atoms with Crippen LogP contribution in [0.1, 0.15) is 40.0 Å². The van der Waals surface area contributed by atoms with Gasteiger partial charge in [0.25, 0.3) is 0 Å². The van der Waals surface area contributed by atoms with Gasteiger partial charge >= 0.3 is 0 Å². The number of nitrogens with two attached hydrogens (primary N) is 1. The molecule has 0 unspecified atom stereocenters. The van der Waals surface area contributed by atoms with Crippen molar-refractivity contribution in [3.8, 4) is 0 Å². The second-order valence-electron chi connectivity index (χ2n) is 5.17. The van der Waals surface area contributed by atoms with Crippen LogP contribution < -0.4 is 5.73 Å². The molecule has 2 rings (SSSR count). The van der Waals surface area contributed by atoms with Gasteiger partial charge in [-0.1, -0.05) is 20.8 Å². The lowest BCUT2D eigenvalue weighted by molar-refractivity contribution is 0.111. The van der Waals surface area contributed by atoms with Gasteiger partial charge in [-0.2, -0.15) is 0 Å². The number of rotatable bonds is 0. The lowest BCUT2D eigenvalue weighted by Gasteiger charge is -2.43. The van der Waals surface area contributed by atoms with Gasteiger partial charge in [0.05, 0.1) is 0 Å². The summed E-state index contributed by atoms with van der Waals surface area (Å²) in [5.74, 6) is 1.76. The number of fused-ring (bicyclic) bond motifs is 2. The summed E-state index contributed by atoms with van der Waals surface area (Å²) in [6.45, 7) is 7.06.